The third-order valence-electron chi connectivity index (χ3n) is 4.37. The predicted octanol–water partition coefficient (Wildman–Crippen LogP) is 1.38. The van der Waals surface area contributed by atoms with Gasteiger partial charge in [-0.15, -0.1) is 10.2 Å². The van der Waals surface area contributed by atoms with E-state index >= 15 is 0 Å². The number of hydrogen-bond acceptors (Lipinski definition) is 6. The van der Waals surface area contributed by atoms with Crippen LogP contribution in [0.1, 0.15) is 18.9 Å². The molecule has 26 heavy (non-hydrogen) atoms. The molecule has 1 amide bonds. The van der Waals surface area contributed by atoms with Gasteiger partial charge in [-0.25, -0.2) is 0 Å². The average molecular weight is 393 g/mol. The van der Waals surface area contributed by atoms with E-state index in [1.54, 1.807) is 4.90 Å². The van der Waals surface area contributed by atoms with Gasteiger partial charge in [0.25, 0.3) is 0 Å². The summed E-state index contributed by atoms with van der Waals surface area (Å²) in [5.41, 5.74) is 1.36. The maximum Gasteiger partial charge on any atom is 0.233 e. The third-order valence-corrected chi connectivity index (χ3v) is 6.37. The van der Waals surface area contributed by atoms with Gasteiger partial charge in [-0.05, 0) is 6.42 Å². The number of thioether (sulfide) groups is 1. The van der Waals surface area contributed by atoms with Crippen LogP contribution >= 0.6 is 23.1 Å². The van der Waals surface area contributed by atoms with Crippen LogP contribution in [0.4, 0.5) is 5.13 Å². The minimum Gasteiger partial charge on any atom is -0.360 e. The van der Waals surface area contributed by atoms with Crippen LogP contribution in [0.5, 0.6) is 0 Å². The Labute approximate surface area is 163 Å². The van der Waals surface area contributed by atoms with Crippen LogP contribution in [-0.2, 0) is 11.3 Å². The highest BCUT2D eigenvalue weighted by Crippen LogP contribution is 2.25. The molecule has 1 aromatic heterocycles. The lowest BCUT2D eigenvalue weighted by Crippen LogP contribution is -3.13. The first-order valence-corrected chi connectivity index (χ1v) is 10.9. The molecule has 3 rings (SSSR count). The molecule has 1 saturated heterocycles. The number of carbonyl (C=O) groups excluding carboxylic acids is 1. The average Bonchev–Trinajstić information content (AvgIpc) is 3.14. The fourth-order valence-electron chi connectivity index (χ4n) is 2.92. The predicted molar refractivity (Wildman–Crippen MR) is 107 cm³/mol. The standard InChI is InChI=1S/C18H25N5OS2/c1-2-8-19-17-20-21-18(26-17)25-14-16(24)23-11-9-22(10-12-23)13-15-6-4-3-5-7-15/h3-7H,2,8-14H2,1H3,(H,19,20)/p+1. The largest absolute Gasteiger partial charge is 0.360 e. The van der Waals surface area contributed by atoms with Crippen LogP contribution in [0.15, 0.2) is 34.7 Å². The van der Waals surface area contributed by atoms with Crippen LogP contribution in [0.25, 0.3) is 0 Å². The number of quaternary nitrogens is 1. The van der Waals surface area contributed by atoms with Gasteiger partial charge in [0.15, 0.2) is 4.34 Å². The summed E-state index contributed by atoms with van der Waals surface area (Å²) in [4.78, 5) is 16.0. The number of nitrogens with one attached hydrogen (secondary N) is 2. The molecule has 2 heterocycles. The molecule has 1 aliphatic rings. The van der Waals surface area contributed by atoms with E-state index in [2.05, 4.69) is 46.7 Å². The Bertz CT molecular complexity index is 686. The lowest BCUT2D eigenvalue weighted by atomic mass is 10.2. The lowest BCUT2D eigenvalue weighted by Gasteiger charge is -2.32. The van der Waals surface area contributed by atoms with Crippen LogP contribution < -0.4 is 10.2 Å². The molecule has 0 unspecified atom stereocenters. The zero-order chi connectivity index (χ0) is 18.2. The van der Waals surface area contributed by atoms with Gasteiger partial charge >= 0.3 is 0 Å². The van der Waals surface area contributed by atoms with Gasteiger partial charge in [0.1, 0.15) is 6.54 Å². The molecule has 8 heteroatoms. The van der Waals surface area contributed by atoms with Crippen molar-refractivity contribution in [3.05, 3.63) is 35.9 Å². The number of amides is 1. The van der Waals surface area contributed by atoms with Crippen molar-refractivity contribution in [2.24, 2.45) is 0 Å². The third kappa shape index (κ3) is 5.69. The number of benzene rings is 1. The second-order valence-electron chi connectivity index (χ2n) is 6.38. The molecular formula is C18H26N5OS2+. The molecule has 1 fully saturated rings. The minimum absolute atomic E-state index is 0.201. The Hall–Kier alpha value is -1.64. The molecule has 2 aromatic rings. The van der Waals surface area contributed by atoms with Crippen molar-refractivity contribution in [2.75, 3.05) is 43.8 Å². The van der Waals surface area contributed by atoms with E-state index in [0.717, 1.165) is 55.2 Å². The molecular weight excluding hydrogens is 366 g/mol. The first-order chi connectivity index (χ1) is 12.7. The zero-order valence-electron chi connectivity index (χ0n) is 15.1. The minimum atomic E-state index is 0.201. The van der Waals surface area contributed by atoms with E-state index in [9.17, 15) is 4.79 Å². The van der Waals surface area contributed by atoms with E-state index in [1.165, 1.54) is 28.7 Å². The van der Waals surface area contributed by atoms with Gasteiger partial charge in [-0.3, -0.25) is 4.79 Å². The van der Waals surface area contributed by atoms with Gasteiger partial charge in [-0.1, -0.05) is 60.4 Å². The van der Waals surface area contributed by atoms with Crippen molar-refractivity contribution in [3.63, 3.8) is 0 Å². The van der Waals surface area contributed by atoms with E-state index in [4.69, 9.17) is 0 Å². The fourth-order valence-corrected chi connectivity index (χ4v) is 4.60. The number of carbonyl (C=O) groups is 1. The van der Waals surface area contributed by atoms with Crippen molar-refractivity contribution in [3.8, 4) is 0 Å². The van der Waals surface area contributed by atoms with Gasteiger partial charge in [-0.2, -0.15) is 0 Å². The highest BCUT2D eigenvalue weighted by atomic mass is 32.2. The van der Waals surface area contributed by atoms with Crippen molar-refractivity contribution >= 4 is 34.1 Å². The molecule has 0 saturated carbocycles. The summed E-state index contributed by atoms with van der Waals surface area (Å²) in [6.07, 6.45) is 1.05. The lowest BCUT2D eigenvalue weighted by molar-refractivity contribution is -0.917. The topological polar surface area (TPSA) is 62.6 Å². The summed E-state index contributed by atoms with van der Waals surface area (Å²) in [6, 6.07) is 10.6. The molecule has 140 valence electrons. The molecule has 0 spiro atoms. The van der Waals surface area contributed by atoms with Gasteiger partial charge in [0, 0.05) is 12.1 Å². The highest BCUT2D eigenvalue weighted by Gasteiger charge is 2.24. The fraction of sp³-hybridized carbons (Fsp3) is 0.500. The van der Waals surface area contributed by atoms with E-state index in [1.807, 2.05) is 11.0 Å². The number of hydrogen-bond donors (Lipinski definition) is 2. The molecule has 0 radical (unpaired) electrons. The quantitative estimate of drug-likeness (QED) is 0.665. The Morgan fingerprint density at radius 1 is 1.27 bits per heavy atom. The maximum atomic E-state index is 12.5. The smallest absolute Gasteiger partial charge is 0.233 e. The molecule has 0 bridgehead atoms. The second-order valence-corrected chi connectivity index (χ2v) is 8.58. The molecule has 1 aromatic carbocycles. The SMILES string of the molecule is CCCNc1nnc(SCC(=O)N2CC[NH+](Cc3ccccc3)CC2)s1. The van der Waals surface area contributed by atoms with Crippen molar-refractivity contribution in [1.29, 1.82) is 0 Å². The number of nitrogens with zero attached hydrogens (tertiary/aromatic N) is 3. The molecule has 6 nitrogen and oxygen atoms in total. The van der Waals surface area contributed by atoms with E-state index in [-0.39, 0.29) is 5.91 Å². The maximum absolute atomic E-state index is 12.5. The van der Waals surface area contributed by atoms with Crippen molar-refractivity contribution in [2.45, 2.75) is 24.2 Å². The summed E-state index contributed by atoms with van der Waals surface area (Å²) in [5, 5.41) is 12.3. The number of anilines is 1. The Morgan fingerprint density at radius 2 is 2.04 bits per heavy atom. The van der Waals surface area contributed by atoms with Crippen LogP contribution in [0.2, 0.25) is 0 Å². The van der Waals surface area contributed by atoms with Gasteiger partial charge in [0.05, 0.1) is 31.9 Å². The van der Waals surface area contributed by atoms with Crippen molar-refractivity contribution in [1.82, 2.24) is 15.1 Å². The Morgan fingerprint density at radius 3 is 2.77 bits per heavy atom. The number of rotatable bonds is 8. The molecule has 0 atom stereocenters. The van der Waals surface area contributed by atoms with E-state index < -0.39 is 0 Å². The summed E-state index contributed by atoms with van der Waals surface area (Å²) in [7, 11) is 0. The van der Waals surface area contributed by atoms with Gasteiger partial charge < -0.3 is 15.1 Å². The van der Waals surface area contributed by atoms with Crippen LogP contribution in [0, 0.1) is 0 Å². The first-order valence-electron chi connectivity index (χ1n) is 9.10. The van der Waals surface area contributed by atoms with Crippen LogP contribution in [-0.4, -0.2) is 59.5 Å². The molecule has 2 N–H and O–H groups in total. The second kappa shape index (κ2) is 9.89. The van der Waals surface area contributed by atoms with Crippen LogP contribution in [0.3, 0.4) is 0 Å². The summed E-state index contributed by atoms with van der Waals surface area (Å²) in [6.45, 7) is 7.74. The number of aromatic nitrogens is 2. The Balaban J connectivity index is 1.39. The monoisotopic (exact) mass is 392 g/mol. The highest BCUT2D eigenvalue weighted by molar-refractivity contribution is 8.01. The Kier molecular flexibility index (Phi) is 7.28. The van der Waals surface area contributed by atoms with Crippen molar-refractivity contribution < 1.29 is 9.69 Å². The van der Waals surface area contributed by atoms with E-state index in [0.29, 0.717) is 5.75 Å². The first kappa shape index (κ1) is 19.1. The zero-order valence-corrected chi connectivity index (χ0v) is 16.7. The molecule has 1 aliphatic heterocycles. The molecule has 0 aliphatic carbocycles. The number of piperazine rings is 1. The summed E-state index contributed by atoms with van der Waals surface area (Å²) in [5.74, 6) is 0.642. The normalized spacial score (nSPS) is 15.2. The summed E-state index contributed by atoms with van der Waals surface area (Å²) < 4.78 is 0.852. The van der Waals surface area contributed by atoms with Gasteiger partial charge in [0.2, 0.25) is 11.0 Å². The summed E-state index contributed by atoms with van der Waals surface area (Å²) >= 11 is 3.00.